The van der Waals surface area contributed by atoms with E-state index in [1.807, 2.05) is 10.7 Å². The quantitative estimate of drug-likeness (QED) is 0.757. The van der Waals surface area contributed by atoms with E-state index in [0.29, 0.717) is 10.0 Å². The summed E-state index contributed by atoms with van der Waals surface area (Å²) in [6.07, 6.45) is 4.71. The highest BCUT2D eigenvalue weighted by molar-refractivity contribution is 6.35. The van der Waals surface area contributed by atoms with Gasteiger partial charge in [0.15, 0.2) is 0 Å². The second-order valence-corrected chi connectivity index (χ2v) is 8.35. The Morgan fingerprint density at radius 3 is 2.72 bits per heavy atom. The molecule has 1 aliphatic rings. The molecule has 3 unspecified atom stereocenters. The fourth-order valence-electron chi connectivity index (χ4n) is 3.58. The van der Waals surface area contributed by atoms with Crippen molar-refractivity contribution < 1.29 is 9.47 Å². The maximum absolute atomic E-state index is 6.32. The van der Waals surface area contributed by atoms with E-state index in [4.69, 9.17) is 32.7 Å². The minimum Gasteiger partial charge on any atom is -0.490 e. The Labute approximate surface area is 158 Å². The van der Waals surface area contributed by atoms with Gasteiger partial charge in [-0.2, -0.15) is 5.10 Å². The smallest absolute Gasteiger partial charge is 0.137 e. The summed E-state index contributed by atoms with van der Waals surface area (Å²) < 4.78 is 13.8. The van der Waals surface area contributed by atoms with Crippen LogP contribution in [0.1, 0.15) is 38.8 Å². The normalized spacial score (nSPS) is 19.4. The van der Waals surface area contributed by atoms with Crippen molar-refractivity contribution in [1.82, 2.24) is 14.8 Å². The van der Waals surface area contributed by atoms with Crippen LogP contribution >= 0.6 is 23.2 Å². The van der Waals surface area contributed by atoms with Crippen molar-refractivity contribution >= 4 is 23.2 Å². The summed E-state index contributed by atoms with van der Waals surface area (Å²) in [5.74, 6) is 0.768. The molecule has 3 atom stereocenters. The summed E-state index contributed by atoms with van der Waals surface area (Å²) in [5.41, 5.74) is 0.954. The van der Waals surface area contributed by atoms with Gasteiger partial charge in [0.25, 0.3) is 0 Å². The zero-order chi connectivity index (χ0) is 18.2. The van der Waals surface area contributed by atoms with Gasteiger partial charge in [0.05, 0.1) is 12.1 Å². The number of nitrogens with zero attached hydrogens (tertiary/aromatic N) is 3. The molecular weight excluding hydrogens is 361 g/mol. The number of aromatic nitrogens is 3. The van der Waals surface area contributed by atoms with E-state index in [9.17, 15) is 0 Å². The van der Waals surface area contributed by atoms with E-state index in [1.54, 1.807) is 25.8 Å². The minimum absolute atomic E-state index is 0.000981. The van der Waals surface area contributed by atoms with Gasteiger partial charge in [-0.25, -0.2) is 9.67 Å². The Bertz CT molecular complexity index is 729. The van der Waals surface area contributed by atoms with Gasteiger partial charge in [0, 0.05) is 35.6 Å². The lowest BCUT2D eigenvalue weighted by atomic mass is 9.82. The third-order valence-electron chi connectivity index (χ3n) is 4.58. The number of fused-ring (bicyclic) bond motifs is 1. The van der Waals surface area contributed by atoms with Gasteiger partial charge in [-0.1, -0.05) is 44.0 Å². The fraction of sp³-hybridized carbons (Fsp3) is 0.556. The topological polar surface area (TPSA) is 49.2 Å². The first-order chi connectivity index (χ1) is 11.8. The molecule has 0 radical (unpaired) electrons. The third kappa shape index (κ3) is 3.94. The number of halogens is 2. The van der Waals surface area contributed by atoms with Crippen molar-refractivity contribution in [1.29, 1.82) is 0 Å². The second-order valence-electron chi connectivity index (χ2n) is 7.51. The summed E-state index contributed by atoms with van der Waals surface area (Å²) in [6.45, 7) is 6.48. The van der Waals surface area contributed by atoms with Crippen LogP contribution in [0, 0.1) is 5.41 Å². The summed E-state index contributed by atoms with van der Waals surface area (Å²) in [6, 6.07) is 3.58. The monoisotopic (exact) mass is 383 g/mol. The molecule has 3 rings (SSSR count). The lowest BCUT2D eigenvalue weighted by Gasteiger charge is -2.36. The van der Waals surface area contributed by atoms with Gasteiger partial charge < -0.3 is 9.47 Å². The standard InChI is InChI=1S/C18H23Cl2N3O2/c1-18(2,3)17(24-4)15(23-10-21-9-22-23)8-12-7-13-14(20)5-11(19)6-16(13)25-12/h5-6,9-10,12,15,17H,7-8H2,1-4H3. The molecule has 7 heteroatoms. The molecule has 0 saturated heterocycles. The predicted octanol–water partition coefficient (Wildman–Crippen LogP) is 4.58. The lowest BCUT2D eigenvalue weighted by Crippen LogP contribution is -2.39. The van der Waals surface area contributed by atoms with E-state index in [-0.39, 0.29) is 23.7 Å². The highest BCUT2D eigenvalue weighted by Gasteiger charge is 2.38. The van der Waals surface area contributed by atoms with Crippen molar-refractivity contribution in [2.45, 2.75) is 51.9 Å². The van der Waals surface area contributed by atoms with Crippen LogP contribution < -0.4 is 4.74 Å². The molecule has 1 aromatic heterocycles. The van der Waals surface area contributed by atoms with Crippen LogP contribution in [-0.4, -0.2) is 34.1 Å². The van der Waals surface area contributed by atoms with Crippen molar-refractivity contribution in [3.8, 4) is 5.75 Å². The number of benzene rings is 1. The van der Waals surface area contributed by atoms with E-state index in [1.165, 1.54) is 0 Å². The van der Waals surface area contributed by atoms with E-state index in [0.717, 1.165) is 24.2 Å². The van der Waals surface area contributed by atoms with E-state index in [2.05, 4.69) is 30.9 Å². The van der Waals surface area contributed by atoms with Gasteiger partial charge in [0.1, 0.15) is 24.5 Å². The number of ether oxygens (including phenoxy) is 2. The lowest BCUT2D eigenvalue weighted by molar-refractivity contribution is -0.0354. The van der Waals surface area contributed by atoms with Crippen molar-refractivity contribution in [3.63, 3.8) is 0 Å². The Morgan fingerprint density at radius 1 is 1.36 bits per heavy atom. The van der Waals surface area contributed by atoms with E-state index < -0.39 is 0 Å². The van der Waals surface area contributed by atoms with Crippen LogP contribution in [0.3, 0.4) is 0 Å². The average Bonchev–Trinajstić information content (AvgIpc) is 3.14. The SMILES string of the molecule is COC(C(CC1Cc2c(Cl)cc(Cl)cc2O1)n1cncn1)C(C)(C)C. The molecule has 0 saturated carbocycles. The Kier molecular flexibility index (Phi) is 5.28. The van der Waals surface area contributed by atoms with Crippen LogP contribution in [0.4, 0.5) is 0 Å². The molecule has 1 aliphatic heterocycles. The molecule has 1 aromatic carbocycles. The molecule has 0 amide bonds. The van der Waals surface area contributed by atoms with Crippen LogP contribution in [0.25, 0.3) is 0 Å². The molecule has 2 heterocycles. The van der Waals surface area contributed by atoms with Gasteiger partial charge in [-0.15, -0.1) is 0 Å². The molecule has 25 heavy (non-hydrogen) atoms. The fourth-order valence-corrected chi connectivity index (χ4v) is 4.13. The van der Waals surface area contributed by atoms with Gasteiger partial charge in [-0.3, -0.25) is 0 Å². The first kappa shape index (κ1) is 18.5. The predicted molar refractivity (Wildman–Crippen MR) is 98.5 cm³/mol. The number of hydrogen-bond acceptors (Lipinski definition) is 4. The molecular formula is C18H23Cl2N3O2. The first-order valence-corrected chi connectivity index (χ1v) is 9.06. The maximum Gasteiger partial charge on any atom is 0.137 e. The highest BCUT2D eigenvalue weighted by atomic mass is 35.5. The second kappa shape index (κ2) is 7.14. The summed E-state index contributed by atoms with van der Waals surface area (Å²) >= 11 is 12.4. The number of methoxy groups -OCH3 is 1. The Morgan fingerprint density at radius 2 is 2.12 bits per heavy atom. The summed E-state index contributed by atoms with van der Waals surface area (Å²) in [5, 5.41) is 5.58. The zero-order valence-corrected chi connectivity index (χ0v) is 16.4. The van der Waals surface area contributed by atoms with Crippen LogP contribution in [0.2, 0.25) is 10.0 Å². The van der Waals surface area contributed by atoms with Crippen LogP contribution in [-0.2, 0) is 11.2 Å². The third-order valence-corrected chi connectivity index (χ3v) is 5.14. The molecule has 0 spiro atoms. The summed E-state index contributed by atoms with van der Waals surface area (Å²) in [4.78, 5) is 4.10. The molecule has 5 nitrogen and oxygen atoms in total. The highest BCUT2D eigenvalue weighted by Crippen LogP contribution is 2.41. The number of rotatable bonds is 5. The molecule has 0 bridgehead atoms. The van der Waals surface area contributed by atoms with Crippen molar-refractivity contribution in [3.05, 3.63) is 40.4 Å². The summed E-state index contributed by atoms with van der Waals surface area (Å²) in [7, 11) is 1.74. The van der Waals surface area contributed by atoms with Gasteiger partial charge in [-0.05, 0) is 17.5 Å². The Balaban J connectivity index is 1.84. The van der Waals surface area contributed by atoms with Gasteiger partial charge in [0.2, 0.25) is 0 Å². The van der Waals surface area contributed by atoms with Crippen molar-refractivity contribution in [2.24, 2.45) is 5.41 Å². The molecule has 2 aromatic rings. The van der Waals surface area contributed by atoms with Crippen LogP contribution in [0.15, 0.2) is 24.8 Å². The van der Waals surface area contributed by atoms with E-state index >= 15 is 0 Å². The zero-order valence-electron chi connectivity index (χ0n) is 14.9. The molecule has 0 N–H and O–H groups in total. The maximum atomic E-state index is 6.32. The van der Waals surface area contributed by atoms with Gasteiger partial charge >= 0.3 is 0 Å². The average molecular weight is 384 g/mol. The number of hydrogen-bond donors (Lipinski definition) is 0. The molecule has 0 aliphatic carbocycles. The largest absolute Gasteiger partial charge is 0.490 e. The van der Waals surface area contributed by atoms with Crippen LogP contribution in [0.5, 0.6) is 5.75 Å². The molecule has 0 fully saturated rings. The molecule has 136 valence electrons. The minimum atomic E-state index is -0.0578. The van der Waals surface area contributed by atoms with Crippen molar-refractivity contribution in [2.75, 3.05) is 7.11 Å². The Hall–Kier alpha value is -1.30. The first-order valence-electron chi connectivity index (χ1n) is 8.31.